The Bertz CT molecular complexity index is 513. The van der Waals surface area contributed by atoms with Crippen molar-refractivity contribution in [1.29, 1.82) is 0 Å². The molecule has 3 N–H and O–H groups in total. The summed E-state index contributed by atoms with van der Waals surface area (Å²) in [5, 5.41) is 32.4. The molecule has 4 rings (SSSR count). The molecule has 3 heteroatoms. The Morgan fingerprint density at radius 2 is 1.57 bits per heavy atom. The molecule has 0 heterocycles. The van der Waals surface area contributed by atoms with Gasteiger partial charge in [0.25, 0.3) is 0 Å². The van der Waals surface area contributed by atoms with E-state index in [0.717, 1.165) is 44.9 Å². The third-order valence-electron chi connectivity index (χ3n) is 9.03. The number of rotatable bonds is 0. The van der Waals surface area contributed by atoms with Crippen molar-refractivity contribution in [3.8, 4) is 0 Å². The SMILES string of the molecule is CC1(C)C[C@H](O)C[C@@]2(C)[C@H]1C[C@H](O)[C@H]1C[C@H]3C[C@]12CC[C@@]3(C)O. The Labute approximate surface area is 140 Å². The van der Waals surface area contributed by atoms with E-state index in [1.165, 1.54) is 0 Å². The zero-order valence-electron chi connectivity index (χ0n) is 15.2. The first kappa shape index (κ1) is 16.4. The Balaban J connectivity index is 1.81. The standard InChI is InChI=1S/C20H34O3/c1-17(2)10-13(21)11-18(3)16(17)8-15(22)14-7-12-9-20(14,18)6-5-19(12,4)23/h12-16,21-23H,5-11H2,1-4H3/t12-,13-,14+,15-,16-,18-,19+,20+/m0/s1. The largest absolute Gasteiger partial charge is 0.393 e. The summed E-state index contributed by atoms with van der Waals surface area (Å²) >= 11 is 0. The molecule has 0 aromatic rings. The fourth-order valence-electron chi connectivity index (χ4n) is 7.97. The summed E-state index contributed by atoms with van der Waals surface area (Å²) < 4.78 is 0. The first-order chi connectivity index (χ1) is 10.5. The van der Waals surface area contributed by atoms with Crippen LogP contribution in [-0.4, -0.2) is 33.1 Å². The van der Waals surface area contributed by atoms with Gasteiger partial charge in [0.05, 0.1) is 17.8 Å². The molecular weight excluding hydrogens is 288 g/mol. The van der Waals surface area contributed by atoms with Crippen molar-refractivity contribution in [2.45, 2.75) is 90.4 Å². The molecule has 4 aliphatic carbocycles. The Morgan fingerprint density at radius 1 is 0.870 bits per heavy atom. The van der Waals surface area contributed by atoms with E-state index in [-0.39, 0.29) is 28.5 Å². The van der Waals surface area contributed by atoms with Gasteiger partial charge in [-0.2, -0.15) is 0 Å². The fourth-order valence-corrected chi connectivity index (χ4v) is 7.97. The average molecular weight is 322 g/mol. The maximum absolute atomic E-state index is 11.0. The molecule has 0 aromatic heterocycles. The highest BCUT2D eigenvalue weighted by Gasteiger charge is 2.71. The first-order valence-corrected chi connectivity index (χ1v) is 9.60. The van der Waals surface area contributed by atoms with Crippen LogP contribution in [0, 0.1) is 34.0 Å². The average Bonchev–Trinajstić information content (AvgIpc) is 2.77. The summed E-state index contributed by atoms with van der Waals surface area (Å²) in [5.41, 5.74) is -0.299. The zero-order chi connectivity index (χ0) is 16.8. The number of aliphatic hydroxyl groups excluding tert-OH is 2. The van der Waals surface area contributed by atoms with Crippen molar-refractivity contribution >= 4 is 0 Å². The van der Waals surface area contributed by atoms with Gasteiger partial charge in [-0.25, -0.2) is 0 Å². The Hall–Kier alpha value is -0.120. The van der Waals surface area contributed by atoms with E-state index in [9.17, 15) is 15.3 Å². The van der Waals surface area contributed by atoms with Crippen molar-refractivity contribution in [3.63, 3.8) is 0 Å². The minimum Gasteiger partial charge on any atom is -0.393 e. The molecule has 4 saturated carbocycles. The molecule has 8 atom stereocenters. The van der Waals surface area contributed by atoms with Gasteiger partial charge in [0, 0.05) is 0 Å². The van der Waals surface area contributed by atoms with Crippen LogP contribution in [0.2, 0.25) is 0 Å². The minimum absolute atomic E-state index is 0.0746. The molecule has 0 saturated heterocycles. The molecule has 0 amide bonds. The summed E-state index contributed by atoms with van der Waals surface area (Å²) in [6.45, 7) is 8.97. The molecule has 0 unspecified atom stereocenters. The van der Waals surface area contributed by atoms with Crippen LogP contribution in [0.4, 0.5) is 0 Å². The Kier molecular flexibility index (Phi) is 3.22. The van der Waals surface area contributed by atoms with E-state index in [0.29, 0.717) is 17.8 Å². The van der Waals surface area contributed by atoms with E-state index in [2.05, 4.69) is 20.8 Å². The molecule has 0 aliphatic heterocycles. The van der Waals surface area contributed by atoms with Crippen LogP contribution < -0.4 is 0 Å². The summed E-state index contributed by atoms with van der Waals surface area (Å²) in [6.07, 6.45) is 6.00. The van der Waals surface area contributed by atoms with E-state index < -0.39 is 5.60 Å². The van der Waals surface area contributed by atoms with Crippen molar-refractivity contribution in [3.05, 3.63) is 0 Å². The molecule has 1 spiro atoms. The van der Waals surface area contributed by atoms with Crippen LogP contribution in [0.1, 0.15) is 72.6 Å². The van der Waals surface area contributed by atoms with Crippen LogP contribution in [0.25, 0.3) is 0 Å². The number of fused-ring (bicyclic) bond motifs is 2. The molecular formula is C20H34O3. The number of hydrogen-bond acceptors (Lipinski definition) is 3. The van der Waals surface area contributed by atoms with Gasteiger partial charge in [-0.15, -0.1) is 0 Å². The van der Waals surface area contributed by atoms with Crippen LogP contribution in [0.3, 0.4) is 0 Å². The second kappa shape index (κ2) is 4.53. The van der Waals surface area contributed by atoms with Gasteiger partial charge in [-0.05, 0) is 85.9 Å². The molecule has 3 nitrogen and oxygen atoms in total. The highest BCUT2D eigenvalue weighted by atomic mass is 16.3. The van der Waals surface area contributed by atoms with E-state index in [1.807, 2.05) is 6.92 Å². The van der Waals surface area contributed by atoms with E-state index in [4.69, 9.17) is 0 Å². The zero-order valence-corrected chi connectivity index (χ0v) is 15.2. The fraction of sp³-hybridized carbons (Fsp3) is 1.00. The lowest BCUT2D eigenvalue weighted by Crippen LogP contribution is -2.63. The third kappa shape index (κ3) is 1.93. The van der Waals surface area contributed by atoms with Crippen molar-refractivity contribution in [2.75, 3.05) is 0 Å². The second-order valence-electron chi connectivity index (χ2n) is 10.6. The summed E-state index contributed by atoms with van der Waals surface area (Å²) in [6, 6.07) is 0. The lowest BCUT2D eigenvalue weighted by molar-refractivity contribution is -0.219. The highest BCUT2D eigenvalue weighted by Crippen LogP contribution is 2.75. The first-order valence-electron chi connectivity index (χ1n) is 9.60. The predicted octanol–water partition coefficient (Wildman–Crippen LogP) is 3.11. The van der Waals surface area contributed by atoms with E-state index in [1.54, 1.807) is 0 Å². The second-order valence-corrected chi connectivity index (χ2v) is 10.6. The van der Waals surface area contributed by atoms with Crippen LogP contribution >= 0.6 is 0 Å². The van der Waals surface area contributed by atoms with Crippen molar-refractivity contribution in [2.24, 2.45) is 34.0 Å². The van der Waals surface area contributed by atoms with Gasteiger partial charge in [0.15, 0.2) is 0 Å². The van der Waals surface area contributed by atoms with Gasteiger partial charge in [0.2, 0.25) is 0 Å². The molecule has 0 radical (unpaired) electrons. The maximum Gasteiger partial charge on any atom is 0.0648 e. The minimum atomic E-state index is -0.572. The normalized spacial score (nSPS) is 60.9. The predicted molar refractivity (Wildman–Crippen MR) is 89.7 cm³/mol. The van der Waals surface area contributed by atoms with E-state index >= 15 is 0 Å². The van der Waals surface area contributed by atoms with Gasteiger partial charge >= 0.3 is 0 Å². The molecule has 23 heavy (non-hydrogen) atoms. The monoisotopic (exact) mass is 322 g/mol. The number of aliphatic hydroxyl groups is 3. The molecule has 4 aliphatic rings. The van der Waals surface area contributed by atoms with Crippen LogP contribution in [-0.2, 0) is 0 Å². The highest BCUT2D eigenvalue weighted by molar-refractivity contribution is 5.20. The molecule has 0 aromatic carbocycles. The van der Waals surface area contributed by atoms with Crippen LogP contribution in [0.5, 0.6) is 0 Å². The van der Waals surface area contributed by atoms with Crippen molar-refractivity contribution < 1.29 is 15.3 Å². The molecule has 132 valence electrons. The lowest BCUT2D eigenvalue weighted by Gasteiger charge is -2.67. The third-order valence-corrected chi connectivity index (χ3v) is 9.03. The summed E-state index contributed by atoms with van der Waals surface area (Å²) in [5.74, 6) is 1.09. The Morgan fingerprint density at radius 3 is 2.26 bits per heavy atom. The summed E-state index contributed by atoms with van der Waals surface area (Å²) in [4.78, 5) is 0. The molecule has 4 fully saturated rings. The van der Waals surface area contributed by atoms with Crippen LogP contribution in [0.15, 0.2) is 0 Å². The number of hydrogen-bond donors (Lipinski definition) is 3. The maximum atomic E-state index is 11.0. The summed E-state index contributed by atoms with van der Waals surface area (Å²) in [7, 11) is 0. The van der Waals surface area contributed by atoms with Crippen molar-refractivity contribution in [1.82, 2.24) is 0 Å². The topological polar surface area (TPSA) is 60.7 Å². The van der Waals surface area contributed by atoms with Gasteiger partial charge in [-0.3, -0.25) is 0 Å². The molecule has 2 bridgehead atoms. The quantitative estimate of drug-likeness (QED) is 0.642. The lowest BCUT2D eigenvalue weighted by atomic mass is 9.39. The van der Waals surface area contributed by atoms with Gasteiger partial charge in [0.1, 0.15) is 0 Å². The smallest absolute Gasteiger partial charge is 0.0648 e. The van der Waals surface area contributed by atoms with Gasteiger partial charge in [-0.1, -0.05) is 20.8 Å². The van der Waals surface area contributed by atoms with Gasteiger partial charge < -0.3 is 15.3 Å².